The van der Waals surface area contributed by atoms with Gasteiger partial charge in [-0.15, -0.1) is 11.3 Å². The molecule has 6 heteroatoms. The Balaban J connectivity index is 1.63. The molecule has 1 aliphatic rings. The van der Waals surface area contributed by atoms with Crippen molar-refractivity contribution in [1.29, 1.82) is 5.41 Å². The van der Waals surface area contributed by atoms with Gasteiger partial charge in [0.2, 0.25) is 0 Å². The molecule has 2 heterocycles. The highest BCUT2D eigenvalue weighted by molar-refractivity contribution is 7.19. The number of aliphatic hydroxyl groups is 1. The molecule has 0 saturated carbocycles. The van der Waals surface area contributed by atoms with E-state index in [4.69, 9.17) is 5.41 Å². The highest BCUT2D eigenvalue weighted by atomic mass is 32.1. The molecule has 3 aromatic rings. The minimum Gasteiger partial charge on any atom is -0.510 e. The van der Waals surface area contributed by atoms with E-state index in [-0.39, 0.29) is 24.0 Å². The number of nitrogens with zero attached hydrogens (tertiary/aromatic N) is 2. The van der Waals surface area contributed by atoms with Crippen LogP contribution >= 0.6 is 11.3 Å². The van der Waals surface area contributed by atoms with Gasteiger partial charge in [0.25, 0.3) is 0 Å². The lowest BCUT2D eigenvalue weighted by Crippen LogP contribution is -2.26. The molecule has 0 aliphatic carbocycles. The lowest BCUT2D eigenvalue weighted by Gasteiger charge is -2.18. The average Bonchev–Trinajstić information content (AvgIpc) is 3.08. The smallest absolute Gasteiger partial charge is 0.135 e. The van der Waals surface area contributed by atoms with Crippen LogP contribution in [0, 0.1) is 11.2 Å². The first-order chi connectivity index (χ1) is 11.6. The van der Waals surface area contributed by atoms with E-state index in [2.05, 4.69) is 4.98 Å². The second-order valence-corrected chi connectivity index (χ2v) is 6.67. The molecular weight excluding hydrogens is 325 g/mol. The van der Waals surface area contributed by atoms with Gasteiger partial charge < -0.3 is 10.0 Å². The van der Waals surface area contributed by atoms with Crippen LogP contribution in [0.4, 0.5) is 4.39 Å². The van der Waals surface area contributed by atoms with E-state index in [0.29, 0.717) is 17.1 Å². The highest BCUT2D eigenvalue weighted by Gasteiger charge is 2.30. The number of halogens is 1. The van der Waals surface area contributed by atoms with Crippen LogP contribution in [0.5, 0.6) is 0 Å². The summed E-state index contributed by atoms with van der Waals surface area (Å²) in [6.07, 6.45) is 0. The predicted octanol–water partition coefficient (Wildman–Crippen LogP) is 4.20. The number of para-hydroxylation sites is 1. The summed E-state index contributed by atoms with van der Waals surface area (Å²) in [5, 5.41) is 19.4. The van der Waals surface area contributed by atoms with Crippen LogP contribution in [-0.2, 0) is 6.54 Å². The van der Waals surface area contributed by atoms with Crippen molar-refractivity contribution in [2.24, 2.45) is 0 Å². The van der Waals surface area contributed by atoms with E-state index in [1.807, 2.05) is 30.3 Å². The van der Waals surface area contributed by atoms with Gasteiger partial charge in [0.05, 0.1) is 22.3 Å². The molecule has 0 atom stereocenters. The van der Waals surface area contributed by atoms with Crippen LogP contribution in [0.15, 0.2) is 54.3 Å². The number of amidine groups is 1. The Labute approximate surface area is 142 Å². The van der Waals surface area contributed by atoms with E-state index >= 15 is 0 Å². The third-order valence-electron chi connectivity index (χ3n) is 3.95. The van der Waals surface area contributed by atoms with Crippen LogP contribution in [0.25, 0.3) is 15.8 Å². The van der Waals surface area contributed by atoms with E-state index in [9.17, 15) is 9.50 Å². The van der Waals surface area contributed by atoms with Gasteiger partial charge in [-0.25, -0.2) is 9.37 Å². The van der Waals surface area contributed by atoms with Crippen LogP contribution < -0.4 is 0 Å². The zero-order chi connectivity index (χ0) is 16.7. The Bertz CT molecular complexity index is 946. The summed E-state index contributed by atoms with van der Waals surface area (Å²) in [7, 11) is 0. The molecule has 2 N–H and O–H groups in total. The fraction of sp³-hybridized carbons (Fsp3) is 0.111. The van der Waals surface area contributed by atoms with Crippen LogP contribution in [0.1, 0.15) is 10.6 Å². The number of rotatable bonds is 3. The van der Waals surface area contributed by atoms with Gasteiger partial charge in [-0.1, -0.05) is 24.3 Å². The van der Waals surface area contributed by atoms with Crippen molar-refractivity contribution >= 4 is 33.0 Å². The summed E-state index contributed by atoms with van der Waals surface area (Å²) in [6.45, 7) is 0.607. The lowest BCUT2D eigenvalue weighted by atomic mass is 10.2. The van der Waals surface area contributed by atoms with Crippen molar-refractivity contribution in [2.75, 3.05) is 6.54 Å². The molecule has 0 fully saturated rings. The van der Waals surface area contributed by atoms with Crippen LogP contribution in [-0.4, -0.2) is 27.4 Å². The molecule has 0 unspecified atom stereocenters. The van der Waals surface area contributed by atoms with E-state index in [1.165, 1.54) is 23.5 Å². The summed E-state index contributed by atoms with van der Waals surface area (Å²) < 4.78 is 14.4. The number of thiazole rings is 1. The minimum atomic E-state index is -0.304. The average molecular weight is 339 g/mol. The van der Waals surface area contributed by atoms with Gasteiger partial charge in [-0.05, 0) is 29.8 Å². The molecule has 1 aromatic heterocycles. The molecular formula is C18H14FN3OS. The second kappa shape index (κ2) is 5.72. The lowest BCUT2D eigenvalue weighted by molar-refractivity contribution is 0.346. The van der Waals surface area contributed by atoms with Gasteiger partial charge in [0.1, 0.15) is 22.4 Å². The summed E-state index contributed by atoms with van der Waals surface area (Å²) in [6, 6.07) is 14.0. The number of benzene rings is 2. The van der Waals surface area contributed by atoms with Crippen molar-refractivity contribution < 1.29 is 9.50 Å². The SMILES string of the molecule is N=C1C(c2nc3ccccc3s2)=C(O)CN1Cc1cccc(F)c1. The molecule has 0 bridgehead atoms. The fourth-order valence-corrected chi connectivity index (χ4v) is 3.86. The maximum Gasteiger partial charge on any atom is 0.135 e. The van der Waals surface area contributed by atoms with Gasteiger partial charge >= 0.3 is 0 Å². The predicted molar refractivity (Wildman–Crippen MR) is 93.7 cm³/mol. The molecule has 120 valence electrons. The molecule has 2 aromatic carbocycles. The van der Waals surface area contributed by atoms with Crippen LogP contribution in [0.2, 0.25) is 0 Å². The highest BCUT2D eigenvalue weighted by Crippen LogP contribution is 2.33. The number of aromatic nitrogens is 1. The Kier molecular flexibility index (Phi) is 3.54. The molecule has 4 rings (SSSR count). The Hall–Kier alpha value is -2.73. The maximum atomic E-state index is 13.3. The van der Waals surface area contributed by atoms with Crippen molar-refractivity contribution in [3.63, 3.8) is 0 Å². The molecule has 0 radical (unpaired) electrons. The van der Waals surface area contributed by atoms with Crippen molar-refractivity contribution in [3.05, 3.63) is 70.7 Å². The number of hydrogen-bond acceptors (Lipinski definition) is 4. The van der Waals surface area contributed by atoms with Gasteiger partial charge in [-0.3, -0.25) is 5.41 Å². The van der Waals surface area contributed by atoms with Crippen molar-refractivity contribution in [2.45, 2.75) is 6.54 Å². The first-order valence-corrected chi connectivity index (χ1v) is 8.30. The van der Waals surface area contributed by atoms with Gasteiger partial charge in [0.15, 0.2) is 0 Å². The first-order valence-electron chi connectivity index (χ1n) is 7.48. The zero-order valence-electron chi connectivity index (χ0n) is 12.7. The molecule has 0 saturated heterocycles. The van der Waals surface area contributed by atoms with E-state index in [1.54, 1.807) is 11.0 Å². The number of hydrogen-bond donors (Lipinski definition) is 2. The summed E-state index contributed by atoms with van der Waals surface area (Å²) in [4.78, 5) is 6.24. The Morgan fingerprint density at radius 1 is 1.21 bits per heavy atom. The third-order valence-corrected chi connectivity index (χ3v) is 5.01. The molecule has 1 aliphatic heterocycles. The van der Waals surface area contributed by atoms with Crippen LogP contribution in [0.3, 0.4) is 0 Å². The monoisotopic (exact) mass is 339 g/mol. The number of aliphatic hydroxyl groups excluding tert-OH is 1. The topological polar surface area (TPSA) is 60.2 Å². The first kappa shape index (κ1) is 14.8. The number of fused-ring (bicyclic) bond motifs is 1. The summed E-state index contributed by atoms with van der Waals surface area (Å²) >= 11 is 1.46. The molecule has 24 heavy (non-hydrogen) atoms. The standard InChI is InChI=1S/C18H14FN3OS/c19-12-5-3-4-11(8-12)9-22-10-14(23)16(17(22)20)18-21-13-6-1-2-7-15(13)24-18/h1-8,20,23H,9-10H2. The van der Waals surface area contributed by atoms with Gasteiger partial charge in [0, 0.05) is 6.54 Å². The normalized spacial score (nSPS) is 14.9. The van der Waals surface area contributed by atoms with Gasteiger partial charge in [-0.2, -0.15) is 0 Å². The quantitative estimate of drug-likeness (QED) is 0.752. The maximum absolute atomic E-state index is 13.3. The third kappa shape index (κ3) is 2.55. The van der Waals surface area contributed by atoms with Crippen molar-refractivity contribution in [1.82, 2.24) is 9.88 Å². The summed E-state index contributed by atoms with van der Waals surface area (Å²) in [5.74, 6) is 0.0491. The number of nitrogens with one attached hydrogen (secondary N) is 1. The fourth-order valence-electron chi connectivity index (χ4n) is 2.83. The largest absolute Gasteiger partial charge is 0.510 e. The Morgan fingerprint density at radius 3 is 2.83 bits per heavy atom. The zero-order valence-corrected chi connectivity index (χ0v) is 13.5. The summed E-state index contributed by atoms with van der Waals surface area (Å²) in [5.41, 5.74) is 2.08. The molecule has 4 nitrogen and oxygen atoms in total. The van der Waals surface area contributed by atoms with E-state index < -0.39 is 0 Å². The minimum absolute atomic E-state index is 0.135. The van der Waals surface area contributed by atoms with Crippen molar-refractivity contribution in [3.8, 4) is 0 Å². The Morgan fingerprint density at radius 2 is 2.04 bits per heavy atom. The van der Waals surface area contributed by atoms with E-state index in [0.717, 1.165) is 15.8 Å². The molecule has 0 spiro atoms. The second-order valence-electron chi connectivity index (χ2n) is 5.64. The molecule has 0 amide bonds.